The fourth-order valence-corrected chi connectivity index (χ4v) is 1.93. The molecule has 0 saturated heterocycles. The van der Waals surface area contributed by atoms with Gasteiger partial charge in [0.05, 0.1) is 5.69 Å². The first-order valence-electron chi connectivity index (χ1n) is 4.68. The Hall–Kier alpha value is -1.62. The number of rotatable bonds is 2. The van der Waals surface area contributed by atoms with Gasteiger partial charge in [-0.2, -0.15) is 5.10 Å². The molecule has 2 rings (SSSR count). The molecule has 1 heterocycles. The summed E-state index contributed by atoms with van der Waals surface area (Å²) in [5.41, 5.74) is 7.38. The number of aryl methyl sites for hydroxylation is 1. The number of ether oxygens (including phenoxy) is 1. The van der Waals surface area contributed by atoms with Gasteiger partial charge < -0.3 is 10.5 Å². The molecule has 2 aromatic rings. The van der Waals surface area contributed by atoms with Crippen molar-refractivity contribution in [1.29, 1.82) is 0 Å². The van der Waals surface area contributed by atoms with Crippen molar-refractivity contribution in [1.82, 2.24) is 10.2 Å². The normalized spacial score (nSPS) is 10.1. The first kappa shape index (κ1) is 10.9. The molecule has 16 heavy (non-hydrogen) atoms. The van der Waals surface area contributed by atoms with Crippen LogP contribution in [-0.2, 0) is 0 Å². The van der Waals surface area contributed by atoms with E-state index in [2.05, 4.69) is 26.1 Å². The van der Waals surface area contributed by atoms with Gasteiger partial charge in [0.2, 0.25) is 5.88 Å². The Morgan fingerprint density at radius 2 is 2.19 bits per heavy atom. The highest BCUT2D eigenvalue weighted by atomic mass is 79.9. The highest BCUT2D eigenvalue weighted by Gasteiger charge is 2.08. The molecule has 82 valence electrons. The molecule has 0 radical (unpaired) electrons. The number of hydrogen-bond donors (Lipinski definition) is 1. The van der Waals surface area contributed by atoms with Gasteiger partial charge in [-0.25, -0.2) is 0 Å². The van der Waals surface area contributed by atoms with E-state index < -0.39 is 0 Å². The predicted molar refractivity (Wildman–Crippen MR) is 65.4 cm³/mol. The Balaban J connectivity index is 2.35. The van der Waals surface area contributed by atoms with Crippen LogP contribution in [0.4, 0.5) is 5.69 Å². The van der Waals surface area contributed by atoms with Crippen molar-refractivity contribution in [2.75, 3.05) is 5.73 Å². The van der Waals surface area contributed by atoms with Crippen LogP contribution in [0.15, 0.2) is 34.9 Å². The van der Waals surface area contributed by atoms with Gasteiger partial charge in [-0.05, 0) is 30.7 Å². The van der Waals surface area contributed by atoms with E-state index in [1.54, 1.807) is 24.4 Å². The van der Waals surface area contributed by atoms with Crippen molar-refractivity contribution in [3.63, 3.8) is 0 Å². The van der Waals surface area contributed by atoms with Crippen molar-refractivity contribution in [3.05, 3.63) is 40.5 Å². The van der Waals surface area contributed by atoms with E-state index in [1.807, 2.05) is 13.0 Å². The summed E-state index contributed by atoms with van der Waals surface area (Å²) < 4.78 is 6.50. The number of hydrogen-bond acceptors (Lipinski definition) is 4. The minimum atomic E-state index is 0.430. The van der Waals surface area contributed by atoms with Gasteiger partial charge in [-0.1, -0.05) is 15.9 Å². The van der Waals surface area contributed by atoms with Gasteiger partial charge in [0.25, 0.3) is 0 Å². The number of halogens is 1. The summed E-state index contributed by atoms with van der Waals surface area (Å²) in [6, 6.07) is 7.21. The van der Waals surface area contributed by atoms with Crippen molar-refractivity contribution >= 4 is 21.6 Å². The largest absolute Gasteiger partial charge is 0.435 e. The van der Waals surface area contributed by atoms with E-state index in [-0.39, 0.29) is 0 Å². The van der Waals surface area contributed by atoms with Crippen LogP contribution in [0.3, 0.4) is 0 Å². The predicted octanol–water partition coefficient (Wildman–Crippen LogP) is 2.92. The van der Waals surface area contributed by atoms with Crippen LogP contribution in [0.25, 0.3) is 0 Å². The summed E-state index contributed by atoms with van der Waals surface area (Å²) in [5.74, 6) is 1.04. The molecule has 0 bridgehead atoms. The van der Waals surface area contributed by atoms with Gasteiger partial charge >= 0.3 is 0 Å². The maximum atomic E-state index is 5.87. The van der Waals surface area contributed by atoms with Gasteiger partial charge in [0.15, 0.2) is 5.75 Å². The molecular weight excluding hydrogens is 270 g/mol. The van der Waals surface area contributed by atoms with Gasteiger partial charge in [0.1, 0.15) is 0 Å². The van der Waals surface area contributed by atoms with Crippen LogP contribution >= 0.6 is 15.9 Å². The lowest BCUT2D eigenvalue weighted by Crippen LogP contribution is -1.96. The molecule has 2 N–H and O–H groups in total. The standard InChI is InChI=1S/C11H10BrN3O/c1-7-5-8(12)6-9(13)11(7)16-10-3-2-4-14-15-10/h2-6H,13H2,1H3. The van der Waals surface area contributed by atoms with E-state index in [9.17, 15) is 0 Å². The Kier molecular flexibility index (Phi) is 3.05. The molecule has 0 fully saturated rings. The Labute approximate surface area is 102 Å². The molecule has 0 saturated carbocycles. The first-order valence-corrected chi connectivity index (χ1v) is 5.47. The van der Waals surface area contributed by atoms with Gasteiger partial charge in [-0.15, -0.1) is 5.10 Å². The third-order valence-corrected chi connectivity index (χ3v) is 2.48. The summed E-state index contributed by atoms with van der Waals surface area (Å²) in [5, 5.41) is 7.57. The fraction of sp³-hybridized carbons (Fsp3) is 0.0909. The maximum absolute atomic E-state index is 5.87. The quantitative estimate of drug-likeness (QED) is 0.859. The highest BCUT2D eigenvalue weighted by Crippen LogP contribution is 2.32. The zero-order valence-corrected chi connectivity index (χ0v) is 10.2. The van der Waals surface area contributed by atoms with E-state index >= 15 is 0 Å². The summed E-state index contributed by atoms with van der Waals surface area (Å²) in [4.78, 5) is 0. The zero-order chi connectivity index (χ0) is 11.5. The Bertz CT molecular complexity index is 479. The third kappa shape index (κ3) is 2.30. The molecule has 0 aliphatic rings. The van der Waals surface area contributed by atoms with E-state index in [4.69, 9.17) is 10.5 Å². The third-order valence-electron chi connectivity index (χ3n) is 2.02. The number of nitrogens with two attached hydrogens (primary N) is 1. The molecule has 0 atom stereocenters. The lowest BCUT2D eigenvalue weighted by atomic mass is 10.2. The second-order valence-corrected chi connectivity index (χ2v) is 4.22. The van der Waals surface area contributed by atoms with Crippen molar-refractivity contribution in [3.8, 4) is 11.6 Å². The minimum Gasteiger partial charge on any atom is -0.435 e. The number of aromatic nitrogens is 2. The molecule has 1 aromatic carbocycles. The van der Waals surface area contributed by atoms with E-state index in [0.29, 0.717) is 17.3 Å². The molecule has 0 amide bonds. The van der Waals surface area contributed by atoms with Crippen LogP contribution in [0.5, 0.6) is 11.6 Å². The zero-order valence-electron chi connectivity index (χ0n) is 8.64. The van der Waals surface area contributed by atoms with Crippen molar-refractivity contribution < 1.29 is 4.74 Å². The minimum absolute atomic E-state index is 0.430. The molecule has 5 heteroatoms. The van der Waals surface area contributed by atoms with Gasteiger partial charge in [0, 0.05) is 16.7 Å². The lowest BCUT2D eigenvalue weighted by Gasteiger charge is -2.10. The summed E-state index contributed by atoms with van der Waals surface area (Å²) >= 11 is 3.37. The number of nitrogen functional groups attached to an aromatic ring is 1. The molecule has 4 nitrogen and oxygen atoms in total. The molecule has 0 aliphatic heterocycles. The SMILES string of the molecule is Cc1cc(Br)cc(N)c1Oc1cccnn1. The summed E-state index contributed by atoms with van der Waals surface area (Å²) in [6.45, 7) is 1.92. The monoisotopic (exact) mass is 279 g/mol. The van der Waals surface area contributed by atoms with Crippen LogP contribution in [0, 0.1) is 6.92 Å². The summed E-state index contributed by atoms with van der Waals surface area (Å²) in [6.07, 6.45) is 1.59. The van der Waals surface area contributed by atoms with Crippen LogP contribution in [0.2, 0.25) is 0 Å². The first-order chi connectivity index (χ1) is 7.66. The lowest BCUT2D eigenvalue weighted by molar-refractivity contribution is 0.454. The van der Waals surface area contributed by atoms with E-state index in [1.165, 1.54) is 0 Å². The topological polar surface area (TPSA) is 61.0 Å². The van der Waals surface area contributed by atoms with E-state index in [0.717, 1.165) is 10.0 Å². The van der Waals surface area contributed by atoms with Crippen molar-refractivity contribution in [2.45, 2.75) is 6.92 Å². The number of nitrogens with zero attached hydrogens (tertiary/aromatic N) is 2. The summed E-state index contributed by atoms with van der Waals surface area (Å²) in [7, 11) is 0. The second-order valence-electron chi connectivity index (χ2n) is 3.30. The Morgan fingerprint density at radius 3 is 2.81 bits per heavy atom. The average molecular weight is 280 g/mol. The Morgan fingerprint density at radius 1 is 1.38 bits per heavy atom. The fourth-order valence-electron chi connectivity index (χ4n) is 1.34. The molecule has 0 unspecified atom stereocenters. The van der Waals surface area contributed by atoms with Crippen LogP contribution in [-0.4, -0.2) is 10.2 Å². The van der Waals surface area contributed by atoms with Crippen molar-refractivity contribution in [2.24, 2.45) is 0 Å². The van der Waals surface area contributed by atoms with Crippen LogP contribution in [0.1, 0.15) is 5.56 Å². The average Bonchev–Trinajstić information content (AvgIpc) is 2.25. The second kappa shape index (κ2) is 4.49. The molecule has 0 aliphatic carbocycles. The molecule has 1 aromatic heterocycles. The van der Waals surface area contributed by atoms with Crippen LogP contribution < -0.4 is 10.5 Å². The molecule has 0 spiro atoms. The molecular formula is C11H10BrN3O. The van der Waals surface area contributed by atoms with Gasteiger partial charge in [-0.3, -0.25) is 0 Å². The smallest absolute Gasteiger partial charge is 0.238 e. The number of benzene rings is 1. The maximum Gasteiger partial charge on any atom is 0.238 e. The highest BCUT2D eigenvalue weighted by molar-refractivity contribution is 9.10. The number of anilines is 1.